The van der Waals surface area contributed by atoms with Crippen molar-refractivity contribution in [3.8, 4) is 0 Å². The number of fused-ring (bicyclic) bond motifs is 1. The van der Waals surface area contributed by atoms with Gasteiger partial charge in [0.05, 0.1) is 17.9 Å². The van der Waals surface area contributed by atoms with Crippen LogP contribution in [-0.4, -0.2) is 25.7 Å². The average Bonchev–Trinajstić information content (AvgIpc) is 3.01. The number of alkyl halides is 3. The molecule has 3 rings (SSSR count). The molecule has 21 heavy (non-hydrogen) atoms. The van der Waals surface area contributed by atoms with Crippen molar-refractivity contribution in [2.75, 3.05) is 5.32 Å². The molecule has 0 unspecified atom stereocenters. The van der Waals surface area contributed by atoms with E-state index in [-0.39, 0.29) is 6.42 Å². The molecule has 0 radical (unpaired) electrons. The van der Waals surface area contributed by atoms with E-state index in [1.165, 1.54) is 6.20 Å². The lowest BCUT2D eigenvalue weighted by Gasteiger charge is -2.33. The zero-order valence-electron chi connectivity index (χ0n) is 11.7. The number of hydrogen-bond acceptors (Lipinski definition) is 3. The molecule has 0 spiro atoms. The molecule has 0 amide bonds. The highest BCUT2D eigenvalue weighted by atomic mass is 19.4. The highest BCUT2D eigenvalue weighted by molar-refractivity contribution is 5.42. The molecular weight excluding hydrogens is 283 g/mol. The van der Waals surface area contributed by atoms with E-state index in [9.17, 15) is 13.2 Å². The molecule has 8 heteroatoms. The van der Waals surface area contributed by atoms with Crippen molar-refractivity contribution in [1.29, 1.82) is 0 Å². The van der Waals surface area contributed by atoms with Crippen molar-refractivity contribution in [3.05, 3.63) is 29.7 Å². The summed E-state index contributed by atoms with van der Waals surface area (Å²) in [5.74, 6) is 0.386. The molecule has 0 aliphatic carbocycles. The van der Waals surface area contributed by atoms with Crippen LogP contribution in [0.4, 0.5) is 19.0 Å². The molecule has 1 N–H and O–H groups in total. The molecule has 5 nitrogen and oxygen atoms in total. The van der Waals surface area contributed by atoms with E-state index in [0.29, 0.717) is 12.4 Å². The van der Waals surface area contributed by atoms with Gasteiger partial charge in [0, 0.05) is 30.8 Å². The highest BCUT2D eigenvalue weighted by Gasteiger charge is 2.46. The van der Waals surface area contributed by atoms with Gasteiger partial charge in [-0.1, -0.05) is 0 Å². The van der Waals surface area contributed by atoms with E-state index in [0.717, 1.165) is 15.9 Å². The topological polar surface area (TPSA) is 47.7 Å². The molecule has 2 aromatic heterocycles. The third-order valence-corrected chi connectivity index (χ3v) is 3.81. The number of aromatic nitrogens is 4. The number of anilines is 1. The van der Waals surface area contributed by atoms with Gasteiger partial charge in [-0.25, -0.2) is 4.68 Å². The monoisotopic (exact) mass is 299 g/mol. The maximum Gasteiger partial charge on any atom is 0.410 e. The summed E-state index contributed by atoms with van der Waals surface area (Å²) in [5.41, 5.74) is 1.56. The Labute approximate surface area is 119 Å². The molecule has 114 valence electrons. The maximum atomic E-state index is 13.2. The van der Waals surface area contributed by atoms with Crippen LogP contribution in [0.25, 0.3) is 0 Å². The standard InChI is InChI=1S/C13H16F3N5/c1-3-20-7-9(8(2)19-20)10-6-11(13(14,15)16)21-12(18-10)4-5-17-21/h4-5,7,10-11,18H,3,6H2,1-2H3/t10-,11-/m1/s1. The van der Waals surface area contributed by atoms with Gasteiger partial charge in [0.15, 0.2) is 6.04 Å². The quantitative estimate of drug-likeness (QED) is 0.927. The van der Waals surface area contributed by atoms with E-state index < -0.39 is 18.3 Å². The molecule has 3 heterocycles. The average molecular weight is 299 g/mol. The van der Waals surface area contributed by atoms with Crippen LogP contribution in [0.1, 0.15) is 36.7 Å². The Bertz CT molecular complexity index is 643. The Morgan fingerprint density at radius 3 is 2.81 bits per heavy atom. The first-order valence-electron chi connectivity index (χ1n) is 6.81. The van der Waals surface area contributed by atoms with Crippen LogP contribution in [0.5, 0.6) is 0 Å². The maximum absolute atomic E-state index is 13.2. The van der Waals surface area contributed by atoms with Crippen LogP contribution in [0, 0.1) is 6.92 Å². The van der Waals surface area contributed by atoms with Gasteiger partial charge < -0.3 is 5.32 Å². The van der Waals surface area contributed by atoms with Crippen LogP contribution >= 0.6 is 0 Å². The van der Waals surface area contributed by atoms with Gasteiger partial charge in [0.25, 0.3) is 0 Å². The van der Waals surface area contributed by atoms with E-state index in [1.54, 1.807) is 10.7 Å². The number of rotatable bonds is 2. The molecule has 1 aliphatic heterocycles. The summed E-state index contributed by atoms with van der Waals surface area (Å²) in [5, 5.41) is 11.2. The second-order valence-electron chi connectivity index (χ2n) is 5.18. The van der Waals surface area contributed by atoms with Crippen LogP contribution in [0.2, 0.25) is 0 Å². The number of halogens is 3. The minimum Gasteiger partial charge on any atom is -0.363 e. The van der Waals surface area contributed by atoms with E-state index in [4.69, 9.17) is 0 Å². The van der Waals surface area contributed by atoms with Gasteiger partial charge in [-0.15, -0.1) is 0 Å². The van der Waals surface area contributed by atoms with Crippen molar-refractivity contribution in [2.45, 2.75) is 45.1 Å². The normalized spacial score (nSPS) is 22.0. The summed E-state index contributed by atoms with van der Waals surface area (Å²) in [4.78, 5) is 0. The zero-order chi connectivity index (χ0) is 15.2. The molecule has 0 fully saturated rings. The summed E-state index contributed by atoms with van der Waals surface area (Å²) in [6.07, 6.45) is -1.22. The zero-order valence-corrected chi connectivity index (χ0v) is 11.7. The van der Waals surface area contributed by atoms with Crippen LogP contribution in [0.3, 0.4) is 0 Å². The fourth-order valence-corrected chi connectivity index (χ4v) is 2.75. The highest BCUT2D eigenvalue weighted by Crippen LogP contribution is 2.43. The minimum absolute atomic E-state index is 0.0889. The fraction of sp³-hybridized carbons (Fsp3) is 0.538. The Morgan fingerprint density at radius 2 is 2.19 bits per heavy atom. The van der Waals surface area contributed by atoms with E-state index >= 15 is 0 Å². The van der Waals surface area contributed by atoms with Crippen molar-refractivity contribution in [3.63, 3.8) is 0 Å². The van der Waals surface area contributed by atoms with Crippen LogP contribution in [0.15, 0.2) is 18.5 Å². The second kappa shape index (κ2) is 4.78. The fourth-order valence-electron chi connectivity index (χ4n) is 2.75. The third-order valence-electron chi connectivity index (χ3n) is 3.81. The van der Waals surface area contributed by atoms with Crippen molar-refractivity contribution in [1.82, 2.24) is 19.6 Å². The Hall–Kier alpha value is -1.99. The summed E-state index contributed by atoms with van der Waals surface area (Å²) < 4.78 is 42.5. The number of nitrogens with one attached hydrogen (secondary N) is 1. The second-order valence-corrected chi connectivity index (χ2v) is 5.18. The molecule has 0 aromatic carbocycles. The summed E-state index contributed by atoms with van der Waals surface area (Å²) >= 11 is 0. The van der Waals surface area contributed by atoms with E-state index in [2.05, 4.69) is 15.5 Å². The molecule has 0 bridgehead atoms. The summed E-state index contributed by atoms with van der Waals surface area (Å²) in [6.45, 7) is 4.45. The van der Waals surface area contributed by atoms with Crippen molar-refractivity contribution in [2.24, 2.45) is 0 Å². The molecule has 2 atom stereocenters. The SMILES string of the molecule is CCn1cc([C@H]2C[C@H](C(F)(F)F)n3nccc3N2)c(C)n1. The van der Waals surface area contributed by atoms with Crippen LogP contribution < -0.4 is 5.32 Å². The lowest BCUT2D eigenvalue weighted by Crippen LogP contribution is -2.35. The van der Waals surface area contributed by atoms with Gasteiger partial charge >= 0.3 is 6.18 Å². The number of aryl methyl sites for hydroxylation is 2. The predicted molar refractivity (Wildman–Crippen MR) is 70.9 cm³/mol. The Kier molecular flexibility index (Phi) is 3.18. The summed E-state index contributed by atoms with van der Waals surface area (Å²) in [7, 11) is 0. The Morgan fingerprint density at radius 1 is 1.43 bits per heavy atom. The lowest BCUT2D eigenvalue weighted by atomic mass is 9.97. The van der Waals surface area contributed by atoms with Crippen molar-refractivity contribution < 1.29 is 13.2 Å². The smallest absolute Gasteiger partial charge is 0.363 e. The molecular formula is C13H16F3N5. The van der Waals surface area contributed by atoms with Crippen LogP contribution in [-0.2, 0) is 6.54 Å². The summed E-state index contributed by atoms with van der Waals surface area (Å²) in [6, 6.07) is -0.468. The van der Waals surface area contributed by atoms with Gasteiger partial charge in [0.1, 0.15) is 5.82 Å². The first kappa shape index (κ1) is 14.0. The number of hydrogen-bond donors (Lipinski definition) is 1. The molecule has 2 aromatic rings. The Balaban J connectivity index is 1.98. The lowest BCUT2D eigenvalue weighted by molar-refractivity contribution is -0.173. The predicted octanol–water partition coefficient (Wildman–Crippen LogP) is 3.07. The number of nitrogens with zero attached hydrogens (tertiary/aromatic N) is 4. The molecule has 0 saturated heterocycles. The van der Waals surface area contributed by atoms with E-state index in [1.807, 2.05) is 20.0 Å². The molecule has 0 saturated carbocycles. The van der Waals surface area contributed by atoms with Crippen molar-refractivity contribution >= 4 is 5.82 Å². The molecule has 1 aliphatic rings. The van der Waals surface area contributed by atoms with Gasteiger partial charge in [-0.2, -0.15) is 23.4 Å². The first-order valence-corrected chi connectivity index (χ1v) is 6.81. The van der Waals surface area contributed by atoms with Gasteiger partial charge in [0.2, 0.25) is 0 Å². The van der Waals surface area contributed by atoms with Gasteiger partial charge in [-0.3, -0.25) is 4.68 Å². The largest absolute Gasteiger partial charge is 0.410 e. The minimum atomic E-state index is -4.32. The third kappa shape index (κ3) is 2.38. The first-order chi connectivity index (χ1) is 9.90. The van der Waals surface area contributed by atoms with Gasteiger partial charge in [-0.05, 0) is 13.8 Å².